The standard InChI is InChI=1S/C8H16N2S.C2H4O2/c1-2-3-7-6-11-5-4-8(9)10-7;1-2(3)4/h7H,2-6H2,1H3,(H2,9,10);1H3,(H,3,4). The van der Waals surface area contributed by atoms with Gasteiger partial charge in [0.2, 0.25) is 0 Å². The fraction of sp³-hybridized carbons (Fsp3) is 0.800. The number of aliphatic carboxylic acids is 1. The van der Waals surface area contributed by atoms with E-state index in [1.165, 1.54) is 18.6 Å². The first-order chi connectivity index (χ1) is 7.06. The Labute approximate surface area is 95.3 Å². The van der Waals surface area contributed by atoms with Crippen LogP contribution >= 0.6 is 11.8 Å². The lowest BCUT2D eigenvalue weighted by molar-refractivity contribution is -0.134. The van der Waals surface area contributed by atoms with E-state index in [0.29, 0.717) is 6.04 Å². The minimum Gasteiger partial charge on any atom is -0.481 e. The van der Waals surface area contributed by atoms with Crippen LogP contribution in [-0.2, 0) is 4.79 Å². The van der Waals surface area contributed by atoms with Crippen LogP contribution in [0, 0.1) is 5.41 Å². The zero-order chi connectivity index (χ0) is 11.7. The van der Waals surface area contributed by atoms with Crippen LogP contribution < -0.4 is 5.32 Å². The zero-order valence-corrected chi connectivity index (χ0v) is 10.2. The second-order valence-electron chi connectivity index (χ2n) is 3.45. The van der Waals surface area contributed by atoms with E-state index in [9.17, 15) is 0 Å². The summed E-state index contributed by atoms with van der Waals surface area (Å²) < 4.78 is 0. The Bertz CT molecular complexity index is 206. The number of hydrogen-bond acceptors (Lipinski definition) is 3. The number of rotatable bonds is 2. The summed E-state index contributed by atoms with van der Waals surface area (Å²) in [5.41, 5.74) is 0. The highest BCUT2D eigenvalue weighted by Gasteiger charge is 2.12. The van der Waals surface area contributed by atoms with Gasteiger partial charge in [0.25, 0.3) is 5.97 Å². The molecular formula is C10H20N2O2S. The van der Waals surface area contributed by atoms with E-state index >= 15 is 0 Å². The third-order valence-electron chi connectivity index (χ3n) is 1.83. The zero-order valence-electron chi connectivity index (χ0n) is 9.38. The fourth-order valence-electron chi connectivity index (χ4n) is 1.26. The number of hydrogen-bond donors (Lipinski definition) is 3. The minimum absolute atomic E-state index is 0.556. The van der Waals surface area contributed by atoms with Gasteiger partial charge in [0.1, 0.15) is 0 Å². The Morgan fingerprint density at radius 2 is 2.33 bits per heavy atom. The second kappa shape index (κ2) is 8.59. The average molecular weight is 232 g/mol. The van der Waals surface area contributed by atoms with Crippen LogP contribution in [0.3, 0.4) is 0 Å². The third-order valence-corrected chi connectivity index (χ3v) is 2.96. The Morgan fingerprint density at radius 3 is 2.87 bits per heavy atom. The van der Waals surface area contributed by atoms with Crippen molar-refractivity contribution >= 4 is 23.6 Å². The lowest BCUT2D eigenvalue weighted by Crippen LogP contribution is -2.34. The van der Waals surface area contributed by atoms with Crippen LogP contribution in [0.4, 0.5) is 0 Å². The number of carboxylic acid groups (broad SMARTS) is 1. The van der Waals surface area contributed by atoms with Crippen molar-refractivity contribution in [3.05, 3.63) is 0 Å². The van der Waals surface area contributed by atoms with Gasteiger partial charge >= 0.3 is 0 Å². The van der Waals surface area contributed by atoms with Gasteiger partial charge in [-0.25, -0.2) is 0 Å². The van der Waals surface area contributed by atoms with E-state index < -0.39 is 5.97 Å². The van der Waals surface area contributed by atoms with E-state index in [-0.39, 0.29) is 0 Å². The molecule has 15 heavy (non-hydrogen) atoms. The summed E-state index contributed by atoms with van der Waals surface area (Å²) in [5.74, 6) is 2.19. The normalized spacial score (nSPS) is 20.7. The third kappa shape index (κ3) is 9.59. The molecule has 0 spiro atoms. The molecule has 5 heteroatoms. The molecule has 1 fully saturated rings. The van der Waals surface area contributed by atoms with E-state index in [1.54, 1.807) is 0 Å². The van der Waals surface area contributed by atoms with Crippen LogP contribution in [0.1, 0.15) is 33.1 Å². The molecule has 88 valence electrons. The highest BCUT2D eigenvalue weighted by molar-refractivity contribution is 7.99. The quantitative estimate of drug-likeness (QED) is 0.680. The van der Waals surface area contributed by atoms with Gasteiger partial charge in [0, 0.05) is 30.9 Å². The largest absolute Gasteiger partial charge is 0.481 e. The predicted octanol–water partition coefficient (Wildman–Crippen LogP) is 1.95. The molecule has 0 aliphatic carbocycles. The van der Waals surface area contributed by atoms with Gasteiger partial charge in [-0.3, -0.25) is 10.2 Å². The Kier molecular flexibility index (Phi) is 8.18. The monoisotopic (exact) mass is 232 g/mol. The Hall–Kier alpha value is -0.710. The highest BCUT2D eigenvalue weighted by atomic mass is 32.2. The fourth-order valence-corrected chi connectivity index (χ4v) is 2.31. The molecule has 1 aliphatic rings. The first-order valence-electron chi connectivity index (χ1n) is 5.17. The molecule has 1 rings (SSSR count). The Morgan fingerprint density at radius 1 is 1.73 bits per heavy atom. The summed E-state index contributed by atoms with van der Waals surface area (Å²) in [6.07, 6.45) is 3.34. The van der Waals surface area contributed by atoms with Crippen LogP contribution in [0.25, 0.3) is 0 Å². The molecule has 1 atom stereocenters. The SMILES string of the molecule is CC(=O)O.CCCC1CSCCC(=N)N1. The summed E-state index contributed by atoms with van der Waals surface area (Å²) in [6, 6.07) is 0.556. The van der Waals surface area contributed by atoms with Gasteiger partial charge in [-0.1, -0.05) is 13.3 Å². The van der Waals surface area contributed by atoms with E-state index in [2.05, 4.69) is 12.2 Å². The first kappa shape index (κ1) is 14.3. The van der Waals surface area contributed by atoms with Gasteiger partial charge in [-0.05, 0) is 6.42 Å². The van der Waals surface area contributed by atoms with Crippen molar-refractivity contribution in [3.8, 4) is 0 Å². The molecular weight excluding hydrogens is 212 g/mol. The van der Waals surface area contributed by atoms with E-state index in [4.69, 9.17) is 15.3 Å². The van der Waals surface area contributed by atoms with E-state index in [0.717, 1.165) is 24.9 Å². The molecule has 0 saturated carbocycles. The molecule has 3 N–H and O–H groups in total. The smallest absolute Gasteiger partial charge is 0.300 e. The van der Waals surface area contributed by atoms with Crippen LogP contribution in [0.5, 0.6) is 0 Å². The van der Waals surface area contributed by atoms with Gasteiger partial charge in [-0.2, -0.15) is 11.8 Å². The molecule has 0 aromatic rings. The maximum Gasteiger partial charge on any atom is 0.300 e. The number of nitrogens with one attached hydrogen (secondary N) is 2. The molecule has 0 amide bonds. The first-order valence-corrected chi connectivity index (χ1v) is 6.33. The number of thioether (sulfide) groups is 1. The summed E-state index contributed by atoms with van der Waals surface area (Å²) >= 11 is 1.96. The lowest BCUT2D eigenvalue weighted by Gasteiger charge is -2.14. The van der Waals surface area contributed by atoms with Crippen molar-refractivity contribution in [3.63, 3.8) is 0 Å². The van der Waals surface area contributed by atoms with Gasteiger partial charge < -0.3 is 10.4 Å². The number of amidine groups is 1. The van der Waals surface area contributed by atoms with Crippen LogP contribution in [0.15, 0.2) is 0 Å². The number of carbonyl (C=O) groups is 1. The Balaban J connectivity index is 0.000000423. The lowest BCUT2D eigenvalue weighted by atomic mass is 10.2. The second-order valence-corrected chi connectivity index (χ2v) is 4.60. The summed E-state index contributed by atoms with van der Waals surface area (Å²) in [7, 11) is 0. The molecule has 0 aromatic carbocycles. The summed E-state index contributed by atoms with van der Waals surface area (Å²) in [6.45, 7) is 3.28. The molecule has 0 aromatic heterocycles. The number of carboxylic acids is 1. The van der Waals surface area contributed by atoms with Crippen LogP contribution in [-0.4, -0.2) is 34.5 Å². The molecule has 1 saturated heterocycles. The summed E-state index contributed by atoms with van der Waals surface area (Å²) in [4.78, 5) is 9.00. The van der Waals surface area contributed by atoms with Crippen molar-refractivity contribution < 1.29 is 9.90 Å². The topological polar surface area (TPSA) is 73.2 Å². The molecule has 4 nitrogen and oxygen atoms in total. The molecule has 1 aliphatic heterocycles. The molecule has 0 radical (unpaired) electrons. The maximum atomic E-state index is 9.00. The van der Waals surface area contributed by atoms with Crippen molar-refractivity contribution in [2.24, 2.45) is 0 Å². The van der Waals surface area contributed by atoms with Crippen molar-refractivity contribution in [2.45, 2.75) is 39.2 Å². The summed E-state index contributed by atoms with van der Waals surface area (Å²) in [5, 5.41) is 18.2. The van der Waals surface area contributed by atoms with Crippen molar-refractivity contribution in [1.82, 2.24) is 5.32 Å². The van der Waals surface area contributed by atoms with Gasteiger partial charge in [0.15, 0.2) is 0 Å². The minimum atomic E-state index is -0.833. The predicted molar refractivity (Wildman–Crippen MR) is 64.8 cm³/mol. The van der Waals surface area contributed by atoms with E-state index in [1.807, 2.05) is 11.8 Å². The molecule has 0 bridgehead atoms. The van der Waals surface area contributed by atoms with Gasteiger partial charge in [0.05, 0.1) is 5.84 Å². The van der Waals surface area contributed by atoms with Crippen molar-refractivity contribution in [1.29, 1.82) is 5.41 Å². The molecule has 1 heterocycles. The van der Waals surface area contributed by atoms with Crippen LogP contribution in [0.2, 0.25) is 0 Å². The highest BCUT2D eigenvalue weighted by Crippen LogP contribution is 2.12. The maximum absolute atomic E-state index is 9.00. The molecule has 1 unspecified atom stereocenters. The van der Waals surface area contributed by atoms with Crippen molar-refractivity contribution in [2.75, 3.05) is 11.5 Å². The van der Waals surface area contributed by atoms with Gasteiger partial charge in [-0.15, -0.1) is 0 Å². The average Bonchev–Trinajstić information content (AvgIpc) is 2.29.